The van der Waals surface area contributed by atoms with Gasteiger partial charge < -0.3 is 15.6 Å². The molecular weight excluding hydrogens is 218 g/mol. The molecule has 5 heteroatoms. The molecule has 0 unspecified atom stereocenters. The zero-order valence-electron chi connectivity index (χ0n) is 11.2. The lowest BCUT2D eigenvalue weighted by Crippen LogP contribution is -2.42. The van der Waals surface area contributed by atoms with Crippen LogP contribution in [-0.4, -0.2) is 24.0 Å². The van der Waals surface area contributed by atoms with Gasteiger partial charge in [-0.15, -0.1) is 0 Å². The van der Waals surface area contributed by atoms with E-state index in [9.17, 15) is 10.4 Å². The van der Waals surface area contributed by atoms with Crippen molar-refractivity contribution in [1.82, 2.24) is 15.9 Å². The number of allylic oxidation sites excluding steroid dienone is 3. The molecule has 0 saturated carbocycles. The van der Waals surface area contributed by atoms with E-state index in [1.807, 2.05) is 13.0 Å². The van der Waals surface area contributed by atoms with Crippen molar-refractivity contribution < 1.29 is 0 Å². The number of hydrogen-bond donors (Lipinski definition) is 1. The third-order valence-corrected chi connectivity index (χ3v) is 2.30. The van der Waals surface area contributed by atoms with Gasteiger partial charge in [0.2, 0.25) is 0 Å². The summed E-state index contributed by atoms with van der Waals surface area (Å²) in [5.41, 5.74) is 4.78. The molecule has 0 aliphatic rings. The van der Waals surface area contributed by atoms with Gasteiger partial charge in [0, 0.05) is 6.54 Å². The minimum absolute atomic E-state index is 0.171. The van der Waals surface area contributed by atoms with Gasteiger partial charge >= 0.3 is 0 Å². The molecular formula is C12H23N3O2-2. The highest BCUT2D eigenvalue weighted by molar-refractivity contribution is 5.02. The lowest BCUT2D eigenvalue weighted by atomic mass is 10.1. The highest BCUT2D eigenvalue weighted by Gasteiger charge is 1.92. The summed E-state index contributed by atoms with van der Waals surface area (Å²) in [6.45, 7) is 6.37. The van der Waals surface area contributed by atoms with E-state index in [2.05, 4.69) is 25.3 Å². The van der Waals surface area contributed by atoms with E-state index in [4.69, 9.17) is 0 Å². The molecule has 0 radical (unpaired) electrons. The maximum atomic E-state index is 11.1. The molecule has 0 aliphatic heterocycles. The lowest BCUT2D eigenvalue weighted by Gasteiger charge is -2.43. The molecule has 0 aromatic heterocycles. The van der Waals surface area contributed by atoms with Gasteiger partial charge in [0.05, 0.1) is 0 Å². The predicted octanol–water partition coefficient (Wildman–Crippen LogP) is 2.72. The van der Waals surface area contributed by atoms with Crippen LogP contribution in [0.2, 0.25) is 0 Å². The highest BCUT2D eigenvalue weighted by atomic mass is 16.7. The highest BCUT2D eigenvalue weighted by Crippen LogP contribution is 2.07. The van der Waals surface area contributed by atoms with Gasteiger partial charge in [-0.3, -0.25) is 10.7 Å². The van der Waals surface area contributed by atoms with Crippen LogP contribution in [0.4, 0.5) is 0 Å². The smallest absolute Gasteiger partial charge is 0.00350 e. The van der Waals surface area contributed by atoms with Crippen LogP contribution in [-0.2, 0) is 0 Å². The summed E-state index contributed by atoms with van der Waals surface area (Å²) >= 11 is 0. The third-order valence-electron chi connectivity index (χ3n) is 2.30. The van der Waals surface area contributed by atoms with Crippen molar-refractivity contribution in [1.29, 1.82) is 0 Å². The first-order valence-corrected chi connectivity index (χ1v) is 5.85. The number of rotatable bonds is 8. The maximum absolute atomic E-state index is 11.1. The Morgan fingerprint density at radius 3 is 2.29 bits per heavy atom. The number of hydrazine groups is 2. The molecule has 0 rings (SSSR count). The number of nitrogens with one attached hydrogen (secondary N) is 1. The van der Waals surface area contributed by atoms with Gasteiger partial charge in [-0.2, -0.15) is 0 Å². The molecule has 0 heterocycles. The first kappa shape index (κ1) is 16.3. The Kier molecular flexibility index (Phi) is 8.93. The van der Waals surface area contributed by atoms with Gasteiger partial charge in [0.15, 0.2) is 0 Å². The topological polar surface area (TPSA) is 64.6 Å². The van der Waals surface area contributed by atoms with E-state index in [0.29, 0.717) is 11.6 Å². The van der Waals surface area contributed by atoms with Crippen LogP contribution in [0, 0.1) is 10.4 Å². The molecule has 100 valence electrons. The van der Waals surface area contributed by atoms with Crippen LogP contribution in [0.5, 0.6) is 0 Å². The van der Waals surface area contributed by atoms with Gasteiger partial charge in [-0.05, 0) is 47.1 Å². The fourth-order valence-electron chi connectivity index (χ4n) is 1.31. The standard InChI is InChI=1S/C12H23N3O2/c1-11(2)7-5-8-12(3)9-6-10-14(16)15(17)13-4/h7,9,13H,5-6,8,10H2,1-4H3/q-2/b12-9+. The molecule has 0 atom stereocenters. The molecule has 0 aromatic rings. The van der Waals surface area contributed by atoms with E-state index < -0.39 is 0 Å². The van der Waals surface area contributed by atoms with Gasteiger partial charge in [0.25, 0.3) is 0 Å². The Morgan fingerprint density at radius 2 is 1.76 bits per heavy atom. The van der Waals surface area contributed by atoms with E-state index >= 15 is 0 Å². The average Bonchev–Trinajstić information content (AvgIpc) is 2.27. The largest absolute Gasteiger partial charge is 0.771 e. The fraction of sp³-hybridized carbons (Fsp3) is 0.667. The molecule has 0 saturated heterocycles. The Morgan fingerprint density at radius 1 is 1.12 bits per heavy atom. The van der Waals surface area contributed by atoms with Crippen LogP contribution in [0.3, 0.4) is 0 Å². The Bertz CT molecular complexity index is 260. The minimum Gasteiger partial charge on any atom is -0.771 e. The summed E-state index contributed by atoms with van der Waals surface area (Å²) in [7, 11) is 1.42. The van der Waals surface area contributed by atoms with E-state index in [1.54, 1.807) is 0 Å². The monoisotopic (exact) mass is 241 g/mol. The van der Waals surface area contributed by atoms with E-state index in [-0.39, 0.29) is 11.8 Å². The molecule has 0 fully saturated rings. The second kappa shape index (κ2) is 9.32. The van der Waals surface area contributed by atoms with E-state index in [1.165, 1.54) is 18.2 Å². The SMILES string of the molecule is CNN([O-])N([O-])CC/C=C(\C)CCC=C(C)C. The van der Waals surface area contributed by atoms with Crippen molar-refractivity contribution in [2.45, 2.75) is 40.0 Å². The van der Waals surface area contributed by atoms with Crippen molar-refractivity contribution >= 4 is 0 Å². The van der Waals surface area contributed by atoms with Crippen LogP contribution in [0.15, 0.2) is 23.3 Å². The van der Waals surface area contributed by atoms with Crippen LogP contribution in [0.1, 0.15) is 40.0 Å². The van der Waals surface area contributed by atoms with Crippen molar-refractivity contribution in [3.8, 4) is 0 Å². The molecule has 5 nitrogen and oxygen atoms in total. The molecule has 0 aliphatic carbocycles. The summed E-state index contributed by atoms with van der Waals surface area (Å²) < 4.78 is 0. The zero-order chi connectivity index (χ0) is 13.3. The number of hydrogen-bond acceptors (Lipinski definition) is 5. The van der Waals surface area contributed by atoms with Crippen LogP contribution in [0.25, 0.3) is 0 Å². The molecule has 1 N–H and O–H groups in total. The first-order valence-electron chi connectivity index (χ1n) is 5.85. The molecule has 0 spiro atoms. The second-order valence-electron chi connectivity index (χ2n) is 4.23. The van der Waals surface area contributed by atoms with Gasteiger partial charge in [-0.25, -0.2) is 0 Å². The van der Waals surface area contributed by atoms with Gasteiger partial charge in [-0.1, -0.05) is 23.3 Å². The average molecular weight is 241 g/mol. The summed E-state index contributed by atoms with van der Waals surface area (Å²) in [5.74, 6) is 0. The van der Waals surface area contributed by atoms with Gasteiger partial charge in [0.1, 0.15) is 0 Å². The minimum atomic E-state index is 0.171. The summed E-state index contributed by atoms with van der Waals surface area (Å²) in [5, 5.41) is 22.5. The summed E-state index contributed by atoms with van der Waals surface area (Å²) in [6, 6.07) is 0. The lowest BCUT2D eigenvalue weighted by molar-refractivity contribution is 0.0345. The predicted molar refractivity (Wildman–Crippen MR) is 71.4 cm³/mol. The van der Waals surface area contributed by atoms with Crippen LogP contribution < -0.4 is 5.43 Å². The number of hydroxylamine groups is 1. The molecule has 17 heavy (non-hydrogen) atoms. The summed E-state index contributed by atoms with van der Waals surface area (Å²) in [6.07, 6.45) is 6.81. The normalized spacial score (nSPS) is 12.4. The third kappa shape index (κ3) is 9.02. The fourth-order valence-corrected chi connectivity index (χ4v) is 1.31. The van der Waals surface area contributed by atoms with Crippen molar-refractivity contribution in [3.05, 3.63) is 33.7 Å². The molecule has 0 bridgehead atoms. The molecule has 0 amide bonds. The van der Waals surface area contributed by atoms with Crippen molar-refractivity contribution in [2.24, 2.45) is 0 Å². The number of nitrogens with zero attached hydrogens (tertiary/aromatic N) is 2. The van der Waals surface area contributed by atoms with Crippen LogP contribution >= 0.6 is 0 Å². The summed E-state index contributed by atoms with van der Waals surface area (Å²) in [4.78, 5) is 0. The Hall–Kier alpha value is -0.720. The first-order chi connectivity index (χ1) is 7.97. The maximum Gasteiger partial charge on any atom is 0.00350 e. The zero-order valence-corrected chi connectivity index (χ0v) is 11.2. The Labute approximate surface area is 104 Å². The molecule has 0 aromatic carbocycles. The van der Waals surface area contributed by atoms with Crippen molar-refractivity contribution in [3.63, 3.8) is 0 Å². The quantitative estimate of drug-likeness (QED) is 0.523. The van der Waals surface area contributed by atoms with E-state index in [0.717, 1.165) is 12.8 Å². The van der Waals surface area contributed by atoms with Crippen molar-refractivity contribution in [2.75, 3.05) is 13.6 Å². The second-order valence-corrected chi connectivity index (χ2v) is 4.23. The Balaban J connectivity index is 3.80.